The molecule has 1 aliphatic rings. The Bertz CT molecular complexity index is 891. The number of carbonyl (C=O) groups is 2. The molecule has 0 radical (unpaired) electrons. The highest BCUT2D eigenvalue weighted by molar-refractivity contribution is 5.88. The first-order valence-electron chi connectivity index (χ1n) is 11.8. The van der Waals surface area contributed by atoms with Gasteiger partial charge in [-0.05, 0) is 55.9 Å². The van der Waals surface area contributed by atoms with Gasteiger partial charge in [-0.3, -0.25) is 9.59 Å². The van der Waals surface area contributed by atoms with E-state index in [-0.39, 0.29) is 24.5 Å². The lowest BCUT2D eigenvalue weighted by atomic mass is 9.95. The van der Waals surface area contributed by atoms with E-state index in [0.29, 0.717) is 18.7 Å². The molecule has 1 saturated carbocycles. The van der Waals surface area contributed by atoms with Crippen molar-refractivity contribution in [3.63, 3.8) is 0 Å². The van der Waals surface area contributed by atoms with Crippen molar-refractivity contribution in [2.75, 3.05) is 6.61 Å². The van der Waals surface area contributed by atoms with Crippen molar-refractivity contribution in [1.82, 2.24) is 10.2 Å². The van der Waals surface area contributed by atoms with Gasteiger partial charge in [0, 0.05) is 12.6 Å². The quantitative estimate of drug-likeness (QED) is 0.606. The van der Waals surface area contributed by atoms with Crippen LogP contribution in [0.25, 0.3) is 0 Å². The van der Waals surface area contributed by atoms with Gasteiger partial charge in [-0.15, -0.1) is 0 Å². The topological polar surface area (TPSA) is 58.6 Å². The summed E-state index contributed by atoms with van der Waals surface area (Å²) in [5, 5.41) is 3.21. The fraction of sp³-hybridized carbons (Fsp3) is 0.481. The molecule has 0 aromatic heterocycles. The van der Waals surface area contributed by atoms with E-state index in [1.807, 2.05) is 69.3 Å². The smallest absolute Gasteiger partial charge is 0.261 e. The number of ether oxygens (including phenoxy) is 1. The molecule has 1 atom stereocenters. The molecule has 2 aromatic rings. The van der Waals surface area contributed by atoms with E-state index in [4.69, 9.17) is 4.74 Å². The van der Waals surface area contributed by atoms with E-state index in [0.717, 1.165) is 42.4 Å². The van der Waals surface area contributed by atoms with Gasteiger partial charge in [0.05, 0.1) is 0 Å². The number of nitrogens with zero attached hydrogens (tertiary/aromatic N) is 1. The van der Waals surface area contributed by atoms with Crippen molar-refractivity contribution < 1.29 is 14.3 Å². The Hall–Kier alpha value is -2.82. The Kier molecular flexibility index (Phi) is 8.72. The first-order chi connectivity index (χ1) is 15.5. The van der Waals surface area contributed by atoms with Crippen LogP contribution in [0.15, 0.2) is 48.5 Å². The zero-order valence-corrected chi connectivity index (χ0v) is 19.6. The monoisotopic (exact) mass is 436 g/mol. The van der Waals surface area contributed by atoms with Crippen molar-refractivity contribution >= 4 is 11.8 Å². The third kappa shape index (κ3) is 6.35. The largest absolute Gasteiger partial charge is 0.483 e. The van der Waals surface area contributed by atoms with Gasteiger partial charge in [-0.2, -0.15) is 0 Å². The van der Waals surface area contributed by atoms with Crippen LogP contribution < -0.4 is 10.1 Å². The molecule has 5 heteroatoms. The van der Waals surface area contributed by atoms with Gasteiger partial charge in [0.15, 0.2) is 6.61 Å². The van der Waals surface area contributed by atoms with Gasteiger partial charge in [0.2, 0.25) is 5.91 Å². The number of benzene rings is 2. The predicted octanol–water partition coefficient (Wildman–Crippen LogP) is 4.94. The molecular weight excluding hydrogens is 400 g/mol. The Labute approximate surface area is 192 Å². The highest BCUT2D eigenvalue weighted by atomic mass is 16.5. The van der Waals surface area contributed by atoms with Crippen molar-refractivity contribution in [3.05, 3.63) is 65.2 Å². The number of aryl methyl sites for hydroxylation is 1. The third-order valence-corrected chi connectivity index (χ3v) is 6.44. The maximum absolute atomic E-state index is 13.3. The molecule has 5 nitrogen and oxygen atoms in total. The van der Waals surface area contributed by atoms with Gasteiger partial charge >= 0.3 is 0 Å². The van der Waals surface area contributed by atoms with E-state index in [9.17, 15) is 9.59 Å². The maximum Gasteiger partial charge on any atom is 0.261 e. The highest BCUT2D eigenvalue weighted by Crippen LogP contribution is 2.22. The lowest BCUT2D eigenvalue weighted by Crippen LogP contribution is -2.52. The first kappa shape index (κ1) is 23.8. The van der Waals surface area contributed by atoms with E-state index < -0.39 is 6.04 Å². The standard InChI is InChI=1S/C27H36N2O3/c1-4-24(27(31)28-23-15-9-6-10-16-23)29(18-22-13-7-5-8-14-22)26(30)19-32-25-17-11-12-20(2)21(25)3/h5,7-8,11-14,17,23-24H,4,6,9-10,15-16,18-19H2,1-3H3,(H,28,31)/t24-/m0/s1. The van der Waals surface area contributed by atoms with Crippen LogP contribution in [-0.2, 0) is 16.1 Å². The van der Waals surface area contributed by atoms with Crippen LogP contribution in [0.2, 0.25) is 0 Å². The summed E-state index contributed by atoms with van der Waals surface area (Å²) in [5.41, 5.74) is 3.14. The zero-order chi connectivity index (χ0) is 22.9. The molecule has 0 bridgehead atoms. The van der Waals surface area contributed by atoms with E-state index in [1.165, 1.54) is 6.42 Å². The molecule has 1 N–H and O–H groups in total. The summed E-state index contributed by atoms with van der Waals surface area (Å²) in [6.45, 7) is 6.26. The van der Waals surface area contributed by atoms with Gasteiger partial charge in [-0.25, -0.2) is 0 Å². The third-order valence-electron chi connectivity index (χ3n) is 6.44. The van der Waals surface area contributed by atoms with Crippen LogP contribution >= 0.6 is 0 Å². The number of nitrogens with one attached hydrogen (secondary N) is 1. The SMILES string of the molecule is CC[C@@H](C(=O)NC1CCCCC1)N(Cc1ccccc1)C(=O)COc1cccc(C)c1C. The van der Waals surface area contributed by atoms with Gasteiger partial charge in [-0.1, -0.05) is 68.7 Å². The summed E-state index contributed by atoms with van der Waals surface area (Å²) in [7, 11) is 0. The van der Waals surface area contributed by atoms with Crippen LogP contribution in [0.3, 0.4) is 0 Å². The lowest BCUT2D eigenvalue weighted by Gasteiger charge is -2.32. The van der Waals surface area contributed by atoms with Crippen molar-refractivity contribution in [3.8, 4) is 5.75 Å². The molecule has 1 aliphatic carbocycles. The summed E-state index contributed by atoms with van der Waals surface area (Å²) < 4.78 is 5.90. The Morgan fingerprint density at radius 2 is 1.75 bits per heavy atom. The molecule has 0 unspecified atom stereocenters. The molecule has 32 heavy (non-hydrogen) atoms. The molecule has 0 saturated heterocycles. The van der Waals surface area contributed by atoms with Crippen LogP contribution in [0, 0.1) is 13.8 Å². The van der Waals surface area contributed by atoms with Gasteiger partial charge in [0.1, 0.15) is 11.8 Å². The fourth-order valence-electron chi connectivity index (χ4n) is 4.35. The van der Waals surface area contributed by atoms with Crippen LogP contribution in [-0.4, -0.2) is 35.4 Å². The average Bonchev–Trinajstić information content (AvgIpc) is 2.81. The zero-order valence-electron chi connectivity index (χ0n) is 19.6. The molecule has 2 amide bonds. The Morgan fingerprint density at radius 3 is 2.44 bits per heavy atom. The second kappa shape index (κ2) is 11.7. The highest BCUT2D eigenvalue weighted by Gasteiger charge is 2.30. The maximum atomic E-state index is 13.3. The molecule has 172 valence electrons. The summed E-state index contributed by atoms with van der Waals surface area (Å²) in [5.74, 6) is 0.466. The van der Waals surface area contributed by atoms with Crippen molar-refractivity contribution in [1.29, 1.82) is 0 Å². The number of rotatable bonds is 9. The van der Waals surface area contributed by atoms with Gasteiger partial charge in [0.25, 0.3) is 5.91 Å². The van der Waals surface area contributed by atoms with E-state index in [1.54, 1.807) is 4.90 Å². The predicted molar refractivity (Wildman–Crippen MR) is 127 cm³/mol. The normalized spacial score (nSPS) is 15.1. The number of hydrogen-bond acceptors (Lipinski definition) is 3. The lowest BCUT2D eigenvalue weighted by molar-refractivity contribution is -0.143. The molecule has 0 heterocycles. The van der Waals surface area contributed by atoms with Gasteiger partial charge < -0.3 is 15.0 Å². The Morgan fingerprint density at radius 1 is 1.03 bits per heavy atom. The van der Waals surface area contributed by atoms with Crippen LogP contribution in [0.4, 0.5) is 0 Å². The van der Waals surface area contributed by atoms with Crippen LogP contribution in [0.5, 0.6) is 5.75 Å². The van der Waals surface area contributed by atoms with Crippen LogP contribution in [0.1, 0.15) is 62.1 Å². The van der Waals surface area contributed by atoms with Crippen molar-refractivity contribution in [2.24, 2.45) is 0 Å². The minimum atomic E-state index is -0.521. The molecule has 1 fully saturated rings. The molecular formula is C27H36N2O3. The second-order valence-electron chi connectivity index (χ2n) is 8.76. The number of amides is 2. The summed E-state index contributed by atoms with van der Waals surface area (Å²) in [6.07, 6.45) is 6.13. The molecule has 0 aliphatic heterocycles. The minimum absolute atomic E-state index is 0.0598. The number of hydrogen-bond donors (Lipinski definition) is 1. The second-order valence-corrected chi connectivity index (χ2v) is 8.76. The molecule has 3 rings (SSSR count). The average molecular weight is 437 g/mol. The van der Waals surface area contributed by atoms with E-state index in [2.05, 4.69) is 5.32 Å². The summed E-state index contributed by atoms with van der Waals surface area (Å²) in [6, 6.07) is 15.3. The van der Waals surface area contributed by atoms with Crippen molar-refractivity contribution in [2.45, 2.75) is 77.9 Å². The van der Waals surface area contributed by atoms with E-state index >= 15 is 0 Å². The molecule has 2 aromatic carbocycles. The fourth-order valence-corrected chi connectivity index (χ4v) is 4.35. The number of carbonyl (C=O) groups excluding carboxylic acids is 2. The molecule has 0 spiro atoms. The summed E-state index contributed by atoms with van der Waals surface area (Å²) in [4.78, 5) is 28.2. The Balaban J connectivity index is 1.75. The first-order valence-corrected chi connectivity index (χ1v) is 11.8. The minimum Gasteiger partial charge on any atom is -0.483 e. The summed E-state index contributed by atoms with van der Waals surface area (Å²) >= 11 is 0.